The Hall–Kier alpha value is -3.20. The molecule has 2 heterocycles. The van der Waals surface area contributed by atoms with Crippen molar-refractivity contribution in [3.8, 4) is 0 Å². The number of amides is 1. The number of nitrogens with zero attached hydrogens (tertiary/aromatic N) is 3. The third kappa shape index (κ3) is 4.51. The van der Waals surface area contributed by atoms with E-state index in [1.165, 1.54) is 12.1 Å². The predicted octanol–water partition coefficient (Wildman–Crippen LogP) is 2.89. The number of aromatic nitrogens is 1. The molecule has 6 nitrogen and oxygen atoms in total. The number of hydrogen-bond donors (Lipinski definition) is 2. The van der Waals surface area contributed by atoms with Gasteiger partial charge in [0.15, 0.2) is 0 Å². The molecule has 2 N–H and O–H groups in total. The summed E-state index contributed by atoms with van der Waals surface area (Å²) >= 11 is 0. The van der Waals surface area contributed by atoms with Crippen molar-refractivity contribution in [3.63, 3.8) is 0 Å². The maximum Gasteiger partial charge on any atom is 0.416 e. The van der Waals surface area contributed by atoms with Crippen LogP contribution in [0, 0.1) is 0 Å². The van der Waals surface area contributed by atoms with Gasteiger partial charge in [0, 0.05) is 23.9 Å². The Morgan fingerprint density at radius 2 is 1.93 bits per heavy atom. The molecule has 4 rings (SSSR count). The van der Waals surface area contributed by atoms with Gasteiger partial charge in [0.2, 0.25) is 5.91 Å². The molecule has 156 valence electrons. The molecule has 0 saturated heterocycles. The number of nitrogens with one attached hydrogen (secondary N) is 1. The molecule has 2 aromatic rings. The number of anilines is 1. The summed E-state index contributed by atoms with van der Waals surface area (Å²) < 4.78 is 38.6. The molecule has 1 amide bonds. The molecule has 1 saturated carbocycles. The van der Waals surface area contributed by atoms with E-state index in [2.05, 4.69) is 15.4 Å². The van der Waals surface area contributed by atoms with E-state index in [-0.39, 0.29) is 19.0 Å². The van der Waals surface area contributed by atoms with Crippen molar-refractivity contribution < 1.29 is 23.1 Å². The molecule has 0 unspecified atom stereocenters. The van der Waals surface area contributed by atoms with Crippen molar-refractivity contribution in [1.29, 1.82) is 0 Å². The highest BCUT2D eigenvalue weighted by Crippen LogP contribution is 2.34. The van der Waals surface area contributed by atoms with Crippen molar-refractivity contribution in [1.82, 2.24) is 10.3 Å². The maximum absolute atomic E-state index is 12.9. The van der Waals surface area contributed by atoms with Crippen LogP contribution in [0.15, 0.2) is 65.5 Å². The molecule has 0 atom stereocenters. The van der Waals surface area contributed by atoms with Gasteiger partial charge in [-0.25, -0.2) is 0 Å². The van der Waals surface area contributed by atoms with Gasteiger partial charge >= 0.3 is 6.18 Å². The van der Waals surface area contributed by atoms with Crippen molar-refractivity contribution in [3.05, 3.63) is 71.6 Å². The summed E-state index contributed by atoms with van der Waals surface area (Å²) in [6.45, 7) is 0.322. The first-order valence-electron chi connectivity index (χ1n) is 9.39. The van der Waals surface area contributed by atoms with Gasteiger partial charge in [-0.05, 0) is 43.2 Å². The van der Waals surface area contributed by atoms with Crippen LogP contribution in [0.2, 0.25) is 0 Å². The quantitative estimate of drug-likeness (QED) is 0.786. The van der Waals surface area contributed by atoms with Gasteiger partial charge in [-0.2, -0.15) is 18.3 Å². The molecule has 1 aliphatic heterocycles. The minimum atomic E-state index is -4.43. The summed E-state index contributed by atoms with van der Waals surface area (Å²) in [4.78, 5) is 16.7. The van der Waals surface area contributed by atoms with Crippen LogP contribution in [0.1, 0.15) is 24.0 Å². The number of allylic oxidation sites excluding steroid dienone is 1. The highest BCUT2D eigenvalue weighted by molar-refractivity contribution is 6.14. The van der Waals surface area contributed by atoms with E-state index >= 15 is 0 Å². The first-order valence-corrected chi connectivity index (χ1v) is 9.39. The van der Waals surface area contributed by atoms with Crippen molar-refractivity contribution in [2.24, 2.45) is 5.10 Å². The minimum Gasteiger partial charge on any atom is -0.388 e. The number of pyridine rings is 1. The standard InChI is InChI=1S/C21H19F3N4O2/c22-21(23,24)16-5-3-14(4-6-16)18-10-15(19(29)26-13-20(30)7-8-20)12-28(27-18)17-2-1-9-25-11-17/h1-6,9-11,30H,7-8,12-13H2,(H,26,29). The molecule has 1 aromatic heterocycles. The Morgan fingerprint density at radius 3 is 2.53 bits per heavy atom. The second-order valence-corrected chi connectivity index (χ2v) is 7.41. The summed E-state index contributed by atoms with van der Waals surface area (Å²) in [5, 5.41) is 18.7. The van der Waals surface area contributed by atoms with Gasteiger partial charge in [-0.15, -0.1) is 0 Å². The molecule has 9 heteroatoms. The normalized spacial score (nSPS) is 17.8. The second kappa shape index (κ2) is 7.56. The zero-order valence-corrected chi connectivity index (χ0v) is 15.9. The van der Waals surface area contributed by atoms with Crippen LogP contribution in [0.5, 0.6) is 0 Å². The largest absolute Gasteiger partial charge is 0.416 e. The summed E-state index contributed by atoms with van der Waals surface area (Å²) in [6, 6.07) is 8.12. The van der Waals surface area contributed by atoms with Crippen molar-refractivity contribution >= 4 is 17.3 Å². The van der Waals surface area contributed by atoms with E-state index in [0.29, 0.717) is 35.4 Å². The molecular formula is C21H19F3N4O2. The molecule has 2 aliphatic rings. The summed E-state index contributed by atoms with van der Waals surface area (Å²) in [6.07, 6.45) is 1.61. The lowest BCUT2D eigenvalue weighted by Gasteiger charge is -2.25. The van der Waals surface area contributed by atoms with Gasteiger partial charge in [0.25, 0.3) is 0 Å². The molecule has 0 spiro atoms. The molecule has 1 aromatic carbocycles. The number of rotatable bonds is 5. The number of alkyl halides is 3. The van der Waals surface area contributed by atoms with E-state index in [4.69, 9.17) is 0 Å². The number of benzene rings is 1. The van der Waals surface area contributed by atoms with Gasteiger partial charge in [-0.3, -0.25) is 14.8 Å². The average molecular weight is 416 g/mol. The fraction of sp³-hybridized carbons (Fsp3) is 0.286. The van der Waals surface area contributed by atoms with Crippen LogP contribution in [-0.4, -0.2) is 40.4 Å². The fourth-order valence-corrected chi connectivity index (χ4v) is 3.01. The van der Waals surface area contributed by atoms with E-state index in [1.54, 1.807) is 35.6 Å². The van der Waals surface area contributed by atoms with E-state index < -0.39 is 17.3 Å². The fourth-order valence-electron chi connectivity index (χ4n) is 3.01. The first-order chi connectivity index (χ1) is 14.2. The van der Waals surface area contributed by atoms with Crippen LogP contribution in [-0.2, 0) is 11.0 Å². The van der Waals surface area contributed by atoms with E-state index in [1.807, 2.05) is 0 Å². The Bertz CT molecular complexity index is 997. The summed E-state index contributed by atoms with van der Waals surface area (Å²) in [7, 11) is 0. The molecule has 0 bridgehead atoms. The molecular weight excluding hydrogens is 397 g/mol. The average Bonchev–Trinajstić information content (AvgIpc) is 3.49. The monoisotopic (exact) mass is 416 g/mol. The number of hydrazone groups is 1. The van der Waals surface area contributed by atoms with Crippen LogP contribution >= 0.6 is 0 Å². The molecule has 30 heavy (non-hydrogen) atoms. The lowest BCUT2D eigenvalue weighted by molar-refractivity contribution is -0.137. The Morgan fingerprint density at radius 1 is 1.20 bits per heavy atom. The second-order valence-electron chi connectivity index (χ2n) is 7.41. The molecule has 1 fully saturated rings. The predicted molar refractivity (Wildman–Crippen MR) is 105 cm³/mol. The lowest BCUT2D eigenvalue weighted by atomic mass is 10.0. The topological polar surface area (TPSA) is 77.8 Å². The zero-order valence-electron chi connectivity index (χ0n) is 15.9. The van der Waals surface area contributed by atoms with Gasteiger partial charge in [0.1, 0.15) is 0 Å². The van der Waals surface area contributed by atoms with Crippen LogP contribution < -0.4 is 10.3 Å². The molecule has 0 radical (unpaired) electrons. The van der Waals surface area contributed by atoms with Crippen LogP contribution in [0.4, 0.5) is 18.9 Å². The smallest absolute Gasteiger partial charge is 0.388 e. The SMILES string of the molecule is O=C(NCC1(O)CC1)C1=CC(c2ccc(C(F)(F)F)cc2)=NN(c2cccnc2)C1. The Balaban J connectivity index is 1.63. The zero-order chi connectivity index (χ0) is 21.4. The highest BCUT2D eigenvalue weighted by Gasteiger charge is 2.40. The van der Waals surface area contributed by atoms with Crippen molar-refractivity contribution in [2.45, 2.75) is 24.6 Å². The number of halogens is 3. The first kappa shape index (κ1) is 20.1. The number of aliphatic hydroxyl groups is 1. The Kier molecular flexibility index (Phi) is 5.07. The van der Waals surface area contributed by atoms with Gasteiger partial charge in [0.05, 0.1) is 35.3 Å². The van der Waals surface area contributed by atoms with E-state index in [0.717, 1.165) is 12.1 Å². The molecule has 1 aliphatic carbocycles. The third-order valence-corrected chi connectivity index (χ3v) is 5.01. The summed E-state index contributed by atoms with van der Waals surface area (Å²) in [5.41, 5.74) is 0.232. The number of carbonyl (C=O) groups is 1. The summed E-state index contributed by atoms with van der Waals surface area (Å²) in [5.74, 6) is -0.358. The lowest BCUT2D eigenvalue weighted by Crippen LogP contribution is -2.38. The maximum atomic E-state index is 12.9. The number of hydrogen-bond acceptors (Lipinski definition) is 5. The van der Waals surface area contributed by atoms with Gasteiger partial charge in [-0.1, -0.05) is 12.1 Å². The van der Waals surface area contributed by atoms with E-state index in [9.17, 15) is 23.1 Å². The van der Waals surface area contributed by atoms with Crippen molar-refractivity contribution in [2.75, 3.05) is 18.1 Å². The van der Waals surface area contributed by atoms with Crippen LogP contribution in [0.3, 0.4) is 0 Å². The Labute approximate surface area is 170 Å². The van der Waals surface area contributed by atoms with Crippen LogP contribution in [0.25, 0.3) is 0 Å². The minimum absolute atomic E-state index is 0.156. The third-order valence-electron chi connectivity index (χ3n) is 5.01. The highest BCUT2D eigenvalue weighted by atomic mass is 19.4. The van der Waals surface area contributed by atoms with Gasteiger partial charge < -0.3 is 10.4 Å². The number of carbonyl (C=O) groups excluding carboxylic acids is 1.